The second-order valence-electron chi connectivity index (χ2n) is 4.39. The minimum absolute atomic E-state index is 0.216. The third-order valence-electron chi connectivity index (χ3n) is 2.97. The molecule has 0 amide bonds. The minimum atomic E-state index is -0.646. The van der Waals surface area contributed by atoms with Crippen molar-refractivity contribution in [2.45, 2.75) is 6.92 Å². The summed E-state index contributed by atoms with van der Waals surface area (Å²) in [6.45, 7) is 1.95. The lowest BCUT2D eigenvalue weighted by Gasteiger charge is -2.05. The lowest BCUT2D eigenvalue weighted by molar-refractivity contribution is 0.590. The van der Waals surface area contributed by atoms with Crippen molar-refractivity contribution >= 4 is 23.3 Å². The zero-order valence-electron chi connectivity index (χ0n) is 10.1. The second-order valence-corrected chi connectivity index (χ2v) is 4.77. The van der Waals surface area contributed by atoms with Gasteiger partial charge in [-0.05, 0) is 36.8 Å². The van der Waals surface area contributed by atoms with Crippen molar-refractivity contribution in [1.82, 2.24) is 9.55 Å². The van der Waals surface area contributed by atoms with Crippen molar-refractivity contribution in [2.75, 3.05) is 0 Å². The number of halogens is 2. The third kappa shape index (κ3) is 1.96. The average molecular weight is 276 g/mol. The average Bonchev–Trinajstić information content (AvgIpc) is 2.66. The van der Waals surface area contributed by atoms with E-state index in [1.54, 1.807) is 4.57 Å². The molecule has 0 saturated heterocycles. The fourth-order valence-corrected chi connectivity index (χ4v) is 2.46. The zero-order valence-corrected chi connectivity index (χ0v) is 10.9. The van der Waals surface area contributed by atoms with E-state index in [4.69, 9.17) is 12.2 Å². The van der Waals surface area contributed by atoms with Crippen molar-refractivity contribution in [3.05, 3.63) is 58.4 Å². The van der Waals surface area contributed by atoms with Gasteiger partial charge in [-0.25, -0.2) is 8.78 Å². The first kappa shape index (κ1) is 12.0. The molecule has 3 aromatic rings. The molecule has 19 heavy (non-hydrogen) atoms. The number of nitrogens with one attached hydrogen (secondary N) is 1. The molecule has 0 bridgehead atoms. The molecule has 0 spiro atoms. The van der Waals surface area contributed by atoms with Crippen LogP contribution in [0, 0.1) is 23.3 Å². The van der Waals surface area contributed by atoms with E-state index in [9.17, 15) is 8.78 Å². The molecule has 0 radical (unpaired) electrons. The van der Waals surface area contributed by atoms with Crippen LogP contribution in [0.5, 0.6) is 0 Å². The first-order valence-corrected chi connectivity index (χ1v) is 6.14. The van der Waals surface area contributed by atoms with Gasteiger partial charge >= 0.3 is 0 Å². The number of aryl methyl sites for hydroxylation is 1. The zero-order chi connectivity index (χ0) is 13.6. The largest absolute Gasteiger partial charge is 0.328 e. The molecule has 0 fully saturated rings. The number of hydrogen-bond donors (Lipinski definition) is 1. The van der Waals surface area contributed by atoms with Crippen LogP contribution in [0.25, 0.3) is 16.7 Å². The Kier molecular flexibility index (Phi) is 2.71. The predicted molar refractivity (Wildman–Crippen MR) is 73.1 cm³/mol. The van der Waals surface area contributed by atoms with Crippen LogP contribution in [-0.4, -0.2) is 9.55 Å². The minimum Gasteiger partial charge on any atom is -0.328 e. The topological polar surface area (TPSA) is 20.7 Å². The van der Waals surface area contributed by atoms with Crippen molar-refractivity contribution in [2.24, 2.45) is 0 Å². The monoisotopic (exact) mass is 276 g/mol. The van der Waals surface area contributed by atoms with E-state index in [0.717, 1.165) is 17.3 Å². The Morgan fingerprint density at radius 3 is 2.68 bits per heavy atom. The molecule has 1 heterocycles. The fraction of sp³-hybridized carbons (Fsp3) is 0.0714. The van der Waals surface area contributed by atoms with Crippen LogP contribution in [0.15, 0.2) is 36.4 Å². The number of nitrogens with zero attached hydrogens (tertiary/aromatic N) is 1. The fourth-order valence-electron chi connectivity index (χ4n) is 2.16. The van der Waals surface area contributed by atoms with Gasteiger partial charge in [0.1, 0.15) is 11.3 Å². The first-order valence-electron chi connectivity index (χ1n) is 5.73. The Balaban J connectivity index is 2.41. The summed E-state index contributed by atoms with van der Waals surface area (Å²) in [6, 6.07) is 9.69. The molecule has 5 heteroatoms. The summed E-state index contributed by atoms with van der Waals surface area (Å²) < 4.78 is 29.1. The van der Waals surface area contributed by atoms with Crippen LogP contribution in [0.4, 0.5) is 8.78 Å². The van der Waals surface area contributed by atoms with E-state index >= 15 is 0 Å². The van der Waals surface area contributed by atoms with Crippen LogP contribution < -0.4 is 0 Å². The van der Waals surface area contributed by atoms with Gasteiger partial charge < -0.3 is 4.98 Å². The van der Waals surface area contributed by atoms with Crippen LogP contribution >= 0.6 is 12.2 Å². The number of aromatic nitrogens is 2. The lowest BCUT2D eigenvalue weighted by Crippen LogP contribution is -1.95. The van der Waals surface area contributed by atoms with Gasteiger partial charge in [0.2, 0.25) is 0 Å². The summed E-state index contributed by atoms with van der Waals surface area (Å²) >= 11 is 5.20. The molecular formula is C14H10F2N2S. The quantitative estimate of drug-likeness (QED) is 0.658. The summed E-state index contributed by atoms with van der Waals surface area (Å²) in [6.07, 6.45) is 0. The van der Waals surface area contributed by atoms with Crippen LogP contribution in [0.1, 0.15) is 5.56 Å². The van der Waals surface area contributed by atoms with Gasteiger partial charge in [-0.2, -0.15) is 0 Å². The molecule has 2 aromatic carbocycles. The molecule has 0 unspecified atom stereocenters. The number of benzene rings is 2. The Bertz CT molecular complexity index is 833. The van der Waals surface area contributed by atoms with E-state index in [1.165, 1.54) is 6.07 Å². The molecule has 0 aliphatic heterocycles. The lowest BCUT2D eigenvalue weighted by atomic mass is 10.2. The number of fused-ring (bicyclic) bond motifs is 1. The molecule has 1 aromatic heterocycles. The highest BCUT2D eigenvalue weighted by atomic mass is 32.1. The molecule has 0 atom stereocenters. The van der Waals surface area contributed by atoms with E-state index in [1.807, 2.05) is 31.2 Å². The molecule has 0 aliphatic rings. The van der Waals surface area contributed by atoms with Crippen molar-refractivity contribution in [3.8, 4) is 5.69 Å². The summed E-state index contributed by atoms with van der Waals surface area (Å²) in [5.74, 6) is -1.27. The van der Waals surface area contributed by atoms with Crippen LogP contribution in [-0.2, 0) is 0 Å². The highest BCUT2D eigenvalue weighted by molar-refractivity contribution is 7.71. The maximum absolute atomic E-state index is 13.7. The van der Waals surface area contributed by atoms with Gasteiger partial charge in [-0.3, -0.25) is 4.57 Å². The Labute approximate surface area is 113 Å². The van der Waals surface area contributed by atoms with Gasteiger partial charge in [0, 0.05) is 17.8 Å². The van der Waals surface area contributed by atoms with Gasteiger partial charge in [0.05, 0.1) is 5.52 Å². The first-order chi connectivity index (χ1) is 9.06. The van der Waals surface area contributed by atoms with Crippen molar-refractivity contribution in [1.29, 1.82) is 0 Å². The number of hydrogen-bond acceptors (Lipinski definition) is 1. The molecule has 0 aliphatic carbocycles. The second kappa shape index (κ2) is 4.28. The number of H-pyrrole nitrogens is 1. The maximum Gasteiger partial charge on any atom is 0.182 e. The normalized spacial score (nSPS) is 11.1. The Hall–Kier alpha value is -2.01. The highest BCUT2D eigenvalue weighted by Gasteiger charge is 2.12. The summed E-state index contributed by atoms with van der Waals surface area (Å²) in [7, 11) is 0. The highest BCUT2D eigenvalue weighted by Crippen LogP contribution is 2.23. The van der Waals surface area contributed by atoms with Gasteiger partial charge in [0.15, 0.2) is 10.6 Å². The number of rotatable bonds is 1. The van der Waals surface area contributed by atoms with Gasteiger partial charge in [-0.1, -0.05) is 12.1 Å². The van der Waals surface area contributed by atoms with Crippen molar-refractivity contribution in [3.63, 3.8) is 0 Å². The van der Waals surface area contributed by atoms with E-state index in [2.05, 4.69) is 4.98 Å². The number of imidazole rings is 1. The van der Waals surface area contributed by atoms with Gasteiger partial charge in [-0.15, -0.1) is 0 Å². The molecule has 0 saturated carbocycles. The Morgan fingerprint density at radius 2 is 1.95 bits per heavy atom. The summed E-state index contributed by atoms with van der Waals surface area (Å²) in [5, 5.41) is 0. The standard InChI is InChI=1S/C14H10F2N2S/c1-8-3-2-4-10(5-8)18-12-7-9(15)6-11(16)13(12)17-14(18)19/h2-7H,1H3,(H,17,19). The van der Waals surface area contributed by atoms with Crippen LogP contribution in [0.3, 0.4) is 0 Å². The molecular weight excluding hydrogens is 266 g/mol. The molecule has 2 nitrogen and oxygen atoms in total. The van der Waals surface area contributed by atoms with Gasteiger partial charge in [0.25, 0.3) is 0 Å². The Morgan fingerprint density at radius 1 is 1.16 bits per heavy atom. The predicted octanol–water partition coefficient (Wildman–Crippen LogP) is 4.27. The van der Waals surface area contributed by atoms with Crippen molar-refractivity contribution < 1.29 is 8.78 Å². The smallest absolute Gasteiger partial charge is 0.182 e. The van der Waals surface area contributed by atoms with E-state index in [0.29, 0.717) is 10.3 Å². The number of aromatic amines is 1. The SMILES string of the molecule is Cc1cccc(-n2c(=S)[nH]c3c(F)cc(F)cc32)c1. The van der Waals surface area contributed by atoms with E-state index < -0.39 is 11.6 Å². The maximum atomic E-state index is 13.7. The molecule has 1 N–H and O–H groups in total. The van der Waals surface area contributed by atoms with Crippen LogP contribution in [0.2, 0.25) is 0 Å². The third-order valence-corrected chi connectivity index (χ3v) is 3.25. The molecule has 96 valence electrons. The summed E-state index contributed by atoms with van der Waals surface area (Å²) in [4.78, 5) is 2.78. The molecule has 3 rings (SSSR count). The summed E-state index contributed by atoms with van der Waals surface area (Å²) in [5.41, 5.74) is 2.44. The van der Waals surface area contributed by atoms with E-state index in [-0.39, 0.29) is 5.52 Å².